The normalized spacial score (nSPS) is 25.0. The average molecular weight is 315 g/mol. The van der Waals surface area contributed by atoms with Crippen LogP contribution in [-0.4, -0.2) is 47.6 Å². The Morgan fingerprint density at radius 3 is 2.24 bits per heavy atom. The second kappa shape index (κ2) is 8.79. The minimum atomic E-state index is 0.437. The van der Waals surface area contributed by atoms with E-state index in [1.54, 1.807) is 0 Å². The van der Waals surface area contributed by atoms with Crippen LogP contribution in [0, 0.1) is 11.8 Å². The molecule has 0 radical (unpaired) electrons. The fraction of sp³-hybridized carbons (Fsp3) is 1.00. The fourth-order valence-electron chi connectivity index (χ4n) is 3.66. The van der Waals surface area contributed by atoms with Gasteiger partial charge in [-0.15, -0.1) is 0 Å². The Morgan fingerprint density at radius 2 is 1.81 bits per heavy atom. The van der Waals surface area contributed by atoms with Crippen molar-refractivity contribution in [3.63, 3.8) is 0 Å². The highest BCUT2D eigenvalue weighted by molar-refractivity contribution is 8.00. The lowest BCUT2D eigenvalue weighted by atomic mass is 9.92. The number of hydrogen-bond acceptors (Lipinski definition) is 3. The summed E-state index contributed by atoms with van der Waals surface area (Å²) < 4.78 is 0.437. The predicted molar refractivity (Wildman–Crippen MR) is 98.3 cm³/mol. The van der Waals surface area contributed by atoms with Crippen molar-refractivity contribution < 1.29 is 0 Å². The zero-order valence-electron chi connectivity index (χ0n) is 15.4. The molecule has 0 aromatic heterocycles. The van der Waals surface area contributed by atoms with Crippen LogP contribution in [0.25, 0.3) is 0 Å². The Morgan fingerprint density at radius 1 is 1.19 bits per heavy atom. The summed E-state index contributed by atoms with van der Waals surface area (Å²) in [6.07, 6.45) is 6.14. The fourth-order valence-corrected chi connectivity index (χ4v) is 4.53. The number of rotatable bonds is 8. The number of hydrogen-bond donors (Lipinski definition) is 1. The molecule has 2 atom stereocenters. The summed E-state index contributed by atoms with van der Waals surface area (Å²) in [5, 5.41) is 3.80. The van der Waals surface area contributed by atoms with E-state index in [1.807, 2.05) is 0 Å². The van der Waals surface area contributed by atoms with Crippen LogP contribution in [0.5, 0.6) is 0 Å². The van der Waals surface area contributed by atoms with Gasteiger partial charge in [0.1, 0.15) is 0 Å². The molecule has 0 spiro atoms. The Labute approximate surface area is 137 Å². The third kappa shape index (κ3) is 5.44. The third-order valence-electron chi connectivity index (χ3n) is 5.28. The van der Waals surface area contributed by atoms with Crippen LogP contribution >= 0.6 is 11.8 Å². The molecule has 126 valence electrons. The Balaban J connectivity index is 2.79. The van der Waals surface area contributed by atoms with Gasteiger partial charge in [0.05, 0.1) is 0 Å². The zero-order valence-corrected chi connectivity index (χ0v) is 16.2. The minimum absolute atomic E-state index is 0.437. The quantitative estimate of drug-likeness (QED) is 0.721. The van der Waals surface area contributed by atoms with Gasteiger partial charge in [0.25, 0.3) is 0 Å². The molecule has 3 heteroatoms. The van der Waals surface area contributed by atoms with Crippen LogP contribution in [0.4, 0.5) is 0 Å². The van der Waals surface area contributed by atoms with Gasteiger partial charge in [-0.25, -0.2) is 0 Å². The van der Waals surface area contributed by atoms with Crippen molar-refractivity contribution in [2.45, 2.75) is 77.6 Å². The van der Waals surface area contributed by atoms with Gasteiger partial charge in [0.15, 0.2) is 0 Å². The predicted octanol–water partition coefficient (Wildman–Crippen LogP) is 4.25. The molecule has 1 rings (SSSR count). The monoisotopic (exact) mass is 314 g/mol. The molecule has 1 heterocycles. The summed E-state index contributed by atoms with van der Waals surface area (Å²) in [5.74, 6) is 1.51. The van der Waals surface area contributed by atoms with Crippen LogP contribution in [0.3, 0.4) is 0 Å². The highest BCUT2D eigenvalue weighted by atomic mass is 32.2. The van der Waals surface area contributed by atoms with Gasteiger partial charge in [-0.05, 0) is 37.4 Å². The molecule has 0 aliphatic carbocycles. The van der Waals surface area contributed by atoms with Crippen LogP contribution in [0.2, 0.25) is 0 Å². The summed E-state index contributed by atoms with van der Waals surface area (Å²) in [7, 11) is 0. The molecule has 0 aromatic rings. The van der Waals surface area contributed by atoms with Crippen LogP contribution in [-0.2, 0) is 0 Å². The summed E-state index contributed by atoms with van der Waals surface area (Å²) >= 11 is 2.08. The standard InChI is InChI=1S/C18H38N2S/c1-8-18(9-2,21-7)13-20-12-16(10-14(3)4)19-11-17(20)15(5)6/h14-17,19H,8-13H2,1-7H3. The number of nitrogens with one attached hydrogen (secondary N) is 1. The van der Waals surface area contributed by atoms with Crippen molar-refractivity contribution in [3.8, 4) is 0 Å². The van der Waals surface area contributed by atoms with E-state index in [1.165, 1.54) is 32.4 Å². The summed E-state index contributed by atoms with van der Waals surface area (Å²) in [6, 6.07) is 1.37. The third-order valence-corrected chi connectivity index (χ3v) is 6.85. The topological polar surface area (TPSA) is 15.3 Å². The average Bonchev–Trinajstić information content (AvgIpc) is 2.44. The van der Waals surface area contributed by atoms with Crippen molar-refractivity contribution in [2.24, 2.45) is 11.8 Å². The first kappa shape index (κ1) is 19.3. The largest absolute Gasteiger partial charge is 0.311 e. The van der Waals surface area contributed by atoms with E-state index in [4.69, 9.17) is 0 Å². The maximum atomic E-state index is 3.80. The summed E-state index contributed by atoms with van der Waals surface area (Å²) in [4.78, 5) is 2.80. The van der Waals surface area contributed by atoms with Gasteiger partial charge in [-0.2, -0.15) is 11.8 Å². The molecule has 0 bridgehead atoms. The second-order valence-electron chi connectivity index (χ2n) is 7.57. The second-order valence-corrected chi connectivity index (χ2v) is 8.84. The number of nitrogens with zero attached hydrogens (tertiary/aromatic N) is 1. The lowest BCUT2D eigenvalue weighted by Gasteiger charge is -2.47. The summed E-state index contributed by atoms with van der Waals surface area (Å²) in [6.45, 7) is 17.8. The van der Waals surface area contributed by atoms with Crippen molar-refractivity contribution >= 4 is 11.8 Å². The molecule has 1 saturated heterocycles. The van der Waals surface area contributed by atoms with E-state index in [0.717, 1.165) is 18.4 Å². The first-order chi connectivity index (χ1) is 9.87. The van der Waals surface area contributed by atoms with Crippen molar-refractivity contribution in [1.29, 1.82) is 0 Å². The smallest absolute Gasteiger partial charge is 0.0279 e. The molecule has 0 amide bonds. The molecule has 2 nitrogen and oxygen atoms in total. The van der Waals surface area contributed by atoms with E-state index in [0.29, 0.717) is 16.8 Å². The van der Waals surface area contributed by atoms with Crippen LogP contribution in [0.1, 0.15) is 60.8 Å². The van der Waals surface area contributed by atoms with E-state index >= 15 is 0 Å². The van der Waals surface area contributed by atoms with E-state index in [-0.39, 0.29) is 0 Å². The van der Waals surface area contributed by atoms with Gasteiger partial charge in [-0.1, -0.05) is 41.5 Å². The van der Waals surface area contributed by atoms with Gasteiger partial charge in [0.2, 0.25) is 0 Å². The van der Waals surface area contributed by atoms with Crippen molar-refractivity contribution in [1.82, 2.24) is 10.2 Å². The maximum Gasteiger partial charge on any atom is 0.0279 e. The molecule has 21 heavy (non-hydrogen) atoms. The highest BCUT2D eigenvalue weighted by Gasteiger charge is 2.35. The molecule has 1 aliphatic rings. The van der Waals surface area contributed by atoms with Crippen LogP contribution < -0.4 is 5.32 Å². The number of thioether (sulfide) groups is 1. The molecule has 1 aliphatic heterocycles. The highest BCUT2D eigenvalue weighted by Crippen LogP contribution is 2.33. The molecule has 2 unspecified atom stereocenters. The van der Waals surface area contributed by atoms with Crippen LogP contribution in [0.15, 0.2) is 0 Å². The lowest BCUT2D eigenvalue weighted by Crippen LogP contribution is -2.61. The van der Waals surface area contributed by atoms with Crippen molar-refractivity contribution in [2.75, 3.05) is 25.9 Å². The molecular weight excluding hydrogens is 276 g/mol. The molecule has 0 saturated carbocycles. The van der Waals surface area contributed by atoms with Gasteiger partial charge >= 0.3 is 0 Å². The zero-order chi connectivity index (χ0) is 16.0. The van der Waals surface area contributed by atoms with Gasteiger partial charge in [-0.3, -0.25) is 4.90 Å². The Bertz CT molecular complexity index is 279. The Kier molecular flexibility index (Phi) is 8.08. The lowest BCUT2D eigenvalue weighted by molar-refractivity contribution is 0.0806. The molecule has 1 N–H and O–H groups in total. The van der Waals surface area contributed by atoms with Gasteiger partial charge in [0, 0.05) is 36.5 Å². The maximum absolute atomic E-state index is 3.80. The molecule has 0 aromatic carbocycles. The number of piperazine rings is 1. The van der Waals surface area contributed by atoms with Crippen molar-refractivity contribution in [3.05, 3.63) is 0 Å². The molecular formula is C18H38N2S. The molecule has 1 fully saturated rings. The Hall–Kier alpha value is 0.270. The first-order valence-electron chi connectivity index (χ1n) is 8.90. The van der Waals surface area contributed by atoms with E-state index < -0.39 is 0 Å². The van der Waals surface area contributed by atoms with E-state index in [2.05, 4.69) is 69.8 Å². The first-order valence-corrected chi connectivity index (χ1v) is 10.1. The van der Waals surface area contributed by atoms with Gasteiger partial charge < -0.3 is 5.32 Å². The SMILES string of the molecule is CCC(CC)(CN1CC(CC(C)C)NCC1C(C)C)SC. The van der Waals surface area contributed by atoms with E-state index in [9.17, 15) is 0 Å². The minimum Gasteiger partial charge on any atom is -0.311 e. The summed E-state index contributed by atoms with van der Waals surface area (Å²) in [5.41, 5.74) is 0.